The van der Waals surface area contributed by atoms with E-state index in [1.165, 1.54) is 36.5 Å². The Bertz CT molecular complexity index is 338. The molecular weight excluding hydrogens is 174 g/mol. The molecule has 3 rings (SSSR count). The molecular formula is C11H17N3. The van der Waals surface area contributed by atoms with Crippen LogP contribution in [0, 0.1) is 0 Å². The smallest absolute Gasteiger partial charge is 0.109 e. The summed E-state index contributed by atoms with van der Waals surface area (Å²) in [4.78, 5) is 8.17. The van der Waals surface area contributed by atoms with E-state index in [-0.39, 0.29) is 0 Å². The van der Waals surface area contributed by atoms with Gasteiger partial charge in [-0.15, -0.1) is 0 Å². The summed E-state index contributed by atoms with van der Waals surface area (Å²) in [7, 11) is 0. The van der Waals surface area contributed by atoms with Crippen molar-refractivity contribution in [1.82, 2.24) is 9.97 Å². The van der Waals surface area contributed by atoms with Gasteiger partial charge in [0.15, 0.2) is 0 Å². The Morgan fingerprint density at radius 1 is 1.29 bits per heavy atom. The Kier molecular flexibility index (Phi) is 1.87. The summed E-state index contributed by atoms with van der Waals surface area (Å²) in [5.74, 6) is 1.95. The number of nitrogens with two attached hydrogens (primary N) is 1. The van der Waals surface area contributed by atoms with Crippen molar-refractivity contribution in [2.75, 3.05) is 0 Å². The molecule has 3 heteroatoms. The van der Waals surface area contributed by atoms with Crippen LogP contribution in [0.3, 0.4) is 0 Å². The van der Waals surface area contributed by atoms with E-state index in [1.54, 1.807) is 0 Å². The first kappa shape index (κ1) is 8.48. The fourth-order valence-electron chi connectivity index (χ4n) is 2.40. The van der Waals surface area contributed by atoms with Crippen molar-refractivity contribution in [3.63, 3.8) is 0 Å². The van der Waals surface area contributed by atoms with Gasteiger partial charge in [-0.05, 0) is 25.7 Å². The number of imidazole rings is 1. The van der Waals surface area contributed by atoms with E-state index in [4.69, 9.17) is 10.7 Å². The van der Waals surface area contributed by atoms with Crippen molar-refractivity contribution >= 4 is 0 Å². The highest BCUT2D eigenvalue weighted by molar-refractivity contribution is 5.21. The third kappa shape index (κ3) is 1.27. The number of aromatic nitrogens is 2. The number of nitrogens with one attached hydrogen (secondary N) is 1. The Morgan fingerprint density at radius 3 is 2.86 bits per heavy atom. The third-order valence-corrected chi connectivity index (χ3v) is 3.59. The summed E-state index contributed by atoms with van der Waals surface area (Å²) in [6, 6.07) is 0.345. The maximum Gasteiger partial charge on any atom is 0.109 e. The van der Waals surface area contributed by atoms with Crippen molar-refractivity contribution in [2.24, 2.45) is 5.73 Å². The van der Waals surface area contributed by atoms with E-state index in [0.29, 0.717) is 6.04 Å². The zero-order chi connectivity index (χ0) is 9.54. The van der Waals surface area contributed by atoms with E-state index >= 15 is 0 Å². The highest BCUT2D eigenvalue weighted by Gasteiger charge is 2.26. The molecule has 0 bridgehead atoms. The normalized spacial score (nSPS) is 27.1. The van der Waals surface area contributed by atoms with Gasteiger partial charge in [0.25, 0.3) is 0 Å². The maximum atomic E-state index is 5.93. The molecule has 3 nitrogen and oxygen atoms in total. The van der Waals surface area contributed by atoms with Gasteiger partial charge < -0.3 is 10.7 Å². The van der Waals surface area contributed by atoms with Crippen LogP contribution in [0.15, 0.2) is 0 Å². The highest BCUT2D eigenvalue weighted by Crippen LogP contribution is 2.35. The number of aromatic amines is 1. The maximum absolute atomic E-state index is 5.93. The number of fused-ring (bicyclic) bond motifs is 1. The molecule has 1 fully saturated rings. The standard InChI is InChI=1S/C11H17N3/c12-8-4-5-9-10(6-8)14-11(13-9)7-2-1-3-7/h7-8H,1-6,12H2,(H,13,14). The molecule has 1 heterocycles. The number of nitrogens with zero attached hydrogens (tertiary/aromatic N) is 1. The monoisotopic (exact) mass is 191 g/mol. The van der Waals surface area contributed by atoms with Crippen LogP contribution in [0.25, 0.3) is 0 Å². The van der Waals surface area contributed by atoms with Gasteiger partial charge in [-0.2, -0.15) is 0 Å². The Morgan fingerprint density at radius 2 is 2.14 bits per heavy atom. The second-order valence-corrected chi connectivity index (χ2v) is 4.68. The average molecular weight is 191 g/mol. The summed E-state index contributed by atoms with van der Waals surface area (Å²) >= 11 is 0. The van der Waals surface area contributed by atoms with Crippen LogP contribution in [-0.4, -0.2) is 16.0 Å². The van der Waals surface area contributed by atoms with E-state index in [0.717, 1.165) is 25.2 Å². The van der Waals surface area contributed by atoms with Gasteiger partial charge in [-0.3, -0.25) is 0 Å². The molecule has 0 aliphatic heterocycles. The van der Waals surface area contributed by atoms with Gasteiger partial charge in [0.05, 0.1) is 5.69 Å². The average Bonchev–Trinajstić information content (AvgIpc) is 2.43. The van der Waals surface area contributed by atoms with Crippen LogP contribution in [0.2, 0.25) is 0 Å². The van der Waals surface area contributed by atoms with Gasteiger partial charge in [0.2, 0.25) is 0 Å². The van der Waals surface area contributed by atoms with Gasteiger partial charge >= 0.3 is 0 Å². The lowest BCUT2D eigenvalue weighted by Crippen LogP contribution is -2.27. The second kappa shape index (κ2) is 3.09. The van der Waals surface area contributed by atoms with E-state index in [2.05, 4.69) is 4.98 Å². The van der Waals surface area contributed by atoms with Crippen LogP contribution >= 0.6 is 0 Å². The molecule has 0 spiro atoms. The van der Waals surface area contributed by atoms with Crippen LogP contribution in [0.5, 0.6) is 0 Å². The summed E-state index contributed by atoms with van der Waals surface area (Å²) < 4.78 is 0. The zero-order valence-electron chi connectivity index (χ0n) is 8.42. The van der Waals surface area contributed by atoms with E-state index in [1.807, 2.05) is 0 Å². The molecule has 1 unspecified atom stereocenters. The first-order valence-electron chi connectivity index (χ1n) is 5.66. The number of rotatable bonds is 1. The number of hydrogen-bond acceptors (Lipinski definition) is 2. The molecule has 0 radical (unpaired) electrons. The van der Waals surface area contributed by atoms with Crippen molar-refractivity contribution in [2.45, 2.75) is 50.5 Å². The molecule has 2 aliphatic rings. The number of aryl methyl sites for hydroxylation is 1. The molecule has 1 saturated carbocycles. The lowest BCUT2D eigenvalue weighted by molar-refractivity contribution is 0.403. The van der Waals surface area contributed by atoms with Crippen molar-refractivity contribution in [3.8, 4) is 0 Å². The summed E-state index contributed by atoms with van der Waals surface area (Å²) in [6.45, 7) is 0. The van der Waals surface area contributed by atoms with Crippen LogP contribution in [0.1, 0.15) is 48.8 Å². The molecule has 76 valence electrons. The SMILES string of the molecule is NC1CCc2nc(C3CCC3)[nH]c2C1. The Hall–Kier alpha value is -0.830. The molecule has 0 saturated heterocycles. The fourth-order valence-corrected chi connectivity index (χ4v) is 2.40. The Labute approximate surface area is 84.1 Å². The summed E-state index contributed by atoms with van der Waals surface area (Å²) in [5, 5.41) is 0. The first-order valence-corrected chi connectivity index (χ1v) is 5.66. The third-order valence-electron chi connectivity index (χ3n) is 3.59. The molecule has 0 amide bonds. The van der Waals surface area contributed by atoms with Crippen molar-refractivity contribution < 1.29 is 0 Å². The minimum absolute atomic E-state index is 0.345. The quantitative estimate of drug-likeness (QED) is 0.706. The molecule has 1 atom stereocenters. The predicted molar refractivity (Wildman–Crippen MR) is 55.2 cm³/mol. The summed E-state index contributed by atoms with van der Waals surface area (Å²) in [5.41, 5.74) is 8.53. The van der Waals surface area contributed by atoms with Crippen molar-refractivity contribution in [3.05, 3.63) is 17.2 Å². The molecule has 2 aliphatic carbocycles. The molecule has 1 aromatic rings. The van der Waals surface area contributed by atoms with Gasteiger partial charge in [0.1, 0.15) is 5.82 Å². The zero-order valence-corrected chi connectivity index (χ0v) is 8.42. The van der Waals surface area contributed by atoms with Crippen LogP contribution < -0.4 is 5.73 Å². The van der Waals surface area contributed by atoms with E-state index in [9.17, 15) is 0 Å². The predicted octanol–water partition coefficient (Wildman–Crippen LogP) is 1.49. The lowest BCUT2D eigenvalue weighted by atomic mass is 9.85. The van der Waals surface area contributed by atoms with Gasteiger partial charge in [-0.25, -0.2) is 4.98 Å². The van der Waals surface area contributed by atoms with Gasteiger partial charge in [0, 0.05) is 24.1 Å². The summed E-state index contributed by atoms with van der Waals surface area (Å²) in [6.07, 6.45) is 7.17. The molecule has 3 N–H and O–H groups in total. The largest absolute Gasteiger partial charge is 0.345 e. The first-order chi connectivity index (χ1) is 6.83. The minimum Gasteiger partial charge on any atom is -0.345 e. The Balaban J connectivity index is 1.87. The highest BCUT2D eigenvalue weighted by atomic mass is 15.0. The lowest BCUT2D eigenvalue weighted by Gasteiger charge is -2.22. The van der Waals surface area contributed by atoms with Gasteiger partial charge in [-0.1, -0.05) is 6.42 Å². The second-order valence-electron chi connectivity index (χ2n) is 4.68. The topological polar surface area (TPSA) is 54.7 Å². The number of hydrogen-bond donors (Lipinski definition) is 2. The molecule has 14 heavy (non-hydrogen) atoms. The van der Waals surface area contributed by atoms with E-state index < -0.39 is 0 Å². The molecule has 0 aromatic carbocycles. The van der Waals surface area contributed by atoms with Crippen molar-refractivity contribution in [1.29, 1.82) is 0 Å². The van der Waals surface area contributed by atoms with Crippen LogP contribution in [-0.2, 0) is 12.8 Å². The molecule has 1 aromatic heterocycles. The van der Waals surface area contributed by atoms with Crippen LogP contribution in [0.4, 0.5) is 0 Å². The number of H-pyrrole nitrogens is 1. The minimum atomic E-state index is 0.345. The fraction of sp³-hybridized carbons (Fsp3) is 0.727.